The Morgan fingerprint density at radius 2 is 1.83 bits per heavy atom. The van der Waals surface area contributed by atoms with Crippen LogP contribution >= 0.6 is 15.9 Å². The molecular formula is C18H14BrNO3. The van der Waals surface area contributed by atoms with Gasteiger partial charge in [0.25, 0.3) is 5.91 Å². The number of para-hydroxylation sites is 1. The van der Waals surface area contributed by atoms with Crippen LogP contribution in [0.4, 0.5) is 0 Å². The molecule has 0 fully saturated rings. The molecule has 0 aliphatic carbocycles. The molecule has 0 amide bonds. The summed E-state index contributed by atoms with van der Waals surface area (Å²) in [4.78, 5) is 25.1. The van der Waals surface area contributed by atoms with E-state index in [1.165, 1.54) is 7.11 Å². The summed E-state index contributed by atoms with van der Waals surface area (Å²) in [6, 6.07) is 14.5. The first-order valence-electron chi connectivity index (χ1n) is 7.03. The van der Waals surface area contributed by atoms with Gasteiger partial charge < -0.3 is 4.74 Å². The van der Waals surface area contributed by atoms with Crippen LogP contribution in [0.25, 0.3) is 10.9 Å². The zero-order valence-corrected chi connectivity index (χ0v) is 14.3. The number of hydrogen-bond donors (Lipinski definition) is 0. The first-order valence-corrected chi connectivity index (χ1v) is 7.82. The number of ether oxygens (including phenoxy) is 1. The Labute approximate surface area is 141 Å². The summed E-state index contributed by atoms with van der Waals surface area (Å²) in [5, 5.41) is 0.709. The second-order valence-corrected chi connectivity index (χ2v) is 6.04. The Kier molecular flexibility index (Phi) is 4.05. The topological polar surface area (TPSA) is 48.3 Å². The SMILES string of the molecule is COC(=O)c1c(C)n(C(=O)c2cccc(Br)c2)c2ccccc12. The molecule has 0 N–H and O–H groups in total. The van der Waals surface area contributed by atoms with E-state index in [1.807, 2.05) is 30.3 Å². The van der Waals surface area contributed by atoms with Crippen molar-refractivity contribution in [1.82, 2.24) is 4.57 Å². The van der Waals surface area contributed by atoms with Crippen LogP contribution in [0.1, 0.15) is 26.4 Å². The Hall–Kier alpha value is -2.40. The van der Waals surface area contributed by atoms with Gasteiger partial charge >= 0.3 is 5.97 Å². The van der Waals surface area contributed by atoms with Gasteiger partial charge in [-0.1, -0.05) is 40.2 Å². The van der Waals surface area contributed by atoms with Crippen molar-refractivity contribution in [2.24, 2.45) is 0 Å². The molecule has 3 aromatic rings. The number of esters is 1. The summed E-state index contributed by atoms with van der Waals surface area (Å²) in [6.45, 7) is 1.75. The maximum Gasteiger partial charge on any atom is 0.340 e. The number of nitrogens with zero attached hydrogens (tertiary/aromatic N) is 1. The lowest BCUT2D eigenvalue weighted by atomic mass is 10.1. The van der Waals surface area contributed by atoms with E-state index < -0.39 is 5.97 Å². The van der Waals surface area contributed by atoms with Crippen LogP contribution in [0.3, 0.4) is 0 Å². The van der Waals surface area contributed by atoms with E-state index in [4.69, 9.17) is 4.74 Å². The quantitative estimate of drug-likeness (QED) is 0.634. The molecule has 0 aliphatic heterocycles. The average Bonchev–Trinajstić information content (AvgIpc) is 2.85. The molecule has 0 spiro atoms. The molecule has 4 nitrogen and oxygen atoms in total. The van der Waals surface area contributed by atoms with Gasteiger partial charge in [0.05, 0.1) is 18.2 Å². The minimum atomic E-state index is -0.445. The molecule has 0 unspecified atom stereocenters. The van der Waals surface area contributed by atoms with E-state index in [0.717, 1.165) is 4.47 Å². The van der Waals surface area contributed by atoms with Crippen molar-refractivity contribution in [3.63, 3.8) is 0 Å². The number of carbonyl (C=O) groups excluding carboxylic acids is 2. The fourth-order valence-corrected chi connectivity index (χ4v) is 3.14. The number of methoxy groups -OCH3 is 1. The van der Waals surface area contributed by atoms with E-state index in [0.29, 0.717) is 27.7 Å². The lowest BCUT2D eigenvalue weighted by Crippen LogP contribution is -2.14. The van der Waals surface area contributed by atoms with Crippen molar-refractivity contribution in [2.45, 2.75) is 6.92 Å². The summed E-state index contributed by atoms with van der Waals surface area (Å²) in [6.07, 6.45) is 0. The summed E-state index contributed by atoms with van der Waals surface area (Å²) in [7, 11) is 1.34. The van der Waals surface area contributed by atoms with Gasteiger partial charge in [-0.05, 0) is 31.2 Å². The van der Waals surface area contributed by atoms with Crippen LogP contribution in [0.2, 0.25) is 0 Å². The third-order valence-corrected chi connectivity index (χ3v) is 4.27. The Morgan fingerprint density at radius 1 is 1.09 bits per heavy atom. The fraction of sp³-hybridized carbons (Fsp3) is 0.111. The van der Waals surface area contributed by atoms with Crippen molar-refractivity contribution in [3.8, 4) is 0 Å². The molecule has 116 valence electrons. The zero-order chi connectivity index (χ0) is 16.6. The maximum absolute atomic E-state index is 12.9. The monoisotopic (exact) mass is 371 g/mol. The van der Waals surface area contributed by atoms with E-state index in [9.17, 15) is 9.59 Å². The number of carbonyl (C=O) groups is 2. The zero-order valence-electron chi connectivity index (χ0n) is 12.7. The molecular weight excluding hydrogens is 358 g/mol. The second-order valence-electron chi connectivity index (χ2n) is 5.12. The van der Waals surface area contributed by atoms with Gasteiger partial charge in [0, 0.05) is 21.1 Å². The molecule has 0 radical (unpaired) electrons. The van der Waals surface area contributed by atoms with Crippen LogP contribution < -0.4 is 0 Å². The summed E-state index contributed by atoms with van der Waals surface area (Å²) in [5.41, 5.74) is 2.23. The van der Waals surface area contributed by atoms with Crippen LogP contribution in [0.5, 0.6) is 0 Å². The minimum Gasteiger partial charge on any atom is -0.465 e. The molecule has 0 saturated heterocycles. The van der Waals surface area contributed by atoms with E-state index in [2.05, 4.69) is 15.9 Å². The smallest absolute Gasteiger partial charge is 0.340 e. The minimum absolute atomic E-state index is 0.185. The standard InChI is InChI=1S/C18H14BrNO3/c1-11-16(18(22)23-2)14-8-3-4-9-15(14)20(11)17(21)12-6-5-7-13(19)10-12/h3-10H,1-2H3. The molecule has 2 aromatic carbocycles. The van der Waals surface area contributed by atoms with Crippen molar-refractivity contribution in [1.29, 1.82) is 0 Å². The van der Waals surface area contributed by atoms with Gasteiger partial charge in [0.1, 0.15) is 0 Å². The van der Waals surface area contributed by atoms with E-state index in [-0.39, 0.29) is 5.91 Å². The largest absolute Gasteiger partial charge is 0.465 e. The number of aromatic nitrogens is 1. The third kappa shape index (κ3) is 2.57. The first-order chi connectivity index (χ1) is 11.0. The van der Waals surface area contributed by atoms with Gasteiger partial charge in [-0.2, -0.15) is 0 Å². The van der Waals surface area contributed by atoms with Gasteiger partial charge in [0.2, 0.25) is 0 Å². The molecule has 23 heavy (non-hydrogen) atoms. The van der Waals surface area contributed by atoms with Crippen molar-refractivity contribution in [3.05, 3.63) is 69.8 Å². The summed E-state index contributed by atoms with van der Waals surface area (Å²) < 4.78 is 7.26. The summed E-state index contributed by atoms with van der Waals surface area (Å²) >= 11 is 3.38. The number of rotatable bonds is 2. The number of fused-ring (bicyclic) bond motifs is 1. The average molecular weight is 372 g/mol. The predicted molar refractivity (Wildman–Crippen MR) is 91.9 cm³/mol. The number of hydrogen-bond acceptors (Lipinski definition) is 3. The molecule has 0 aliphatic rings. The fourth-order valence-electron chi connectivity index (χ4n) is 2.74. The molecule has 0 atom stereocenters. The van der Waals surface area contributed by atoms with E-state index >= 15 is 0 Å². The summed E-state index contributed by atoms with van der Waals surface area (Å²) in [5.74, 6) is -0.630. The van der Waals surface area contributed by atoms with Crippen LogP contribution in [0, 0.1) is 6.92 Å². The highest BCUT2D eigenvalue weighted by atomic mass is 79.9. The molecule has 1 heterocycles. The van der Waals surface area contributed by atoms with Crippen LogP contribution in [-0.2, 0) is 4.74 Å². The van der Waals surface area contributed by atoms with Gasteiger partial charge in [0.15, 0.2) is 0 Å². The highest BCUT2D eigenvalue weighted by Gasteiger charge is 2.24. The highest BCUT2D eigenvalue weighted by Crippen LogP contribution is 2.27. The van der Waals surface area contributed by atoms with Gasteiger partial charge in [-0.3, -0.25) is 9.36 Å². The highest BCUT2D eigenvalue weighted by molar-refractivity contribution is 9.10. The first kappa shape index (κ1) is 15.5. The maximum atomic E-state index is 12.9. The van der Waals surface area contributed by atoms with E-state index in [1.54, 1.807) is 29.7 Å². The van der Waals surface area contributed by atoms with Crippen molar-refractivity contribution in [2.75, 3.05) is 7.11 Å². The molecule has 0 saturated carbocycles. The molecule has 0 bridgehead atoms. The normalized spacial score (nSPS) is 10.7. The lowest BCUT2D eigenvalue weighted by Gasteiger charge is -2.07. The van der Waals surface area contributed by atoms with Gasteiger partial charge in [-0.15, -0.1) is 0 Å². The predicted octanol–water partition coefficient (Wildman–Crippen LogP) is 4.19. The Balaban J connectivity index is 2.28. The van der Waals surface area contributed by atoms with Crippen molar-refractivity contribution < 1.29 is 14.3 Å². The number of halogens is 1. The number of benzene rings is 2. The lowest BCUT2D eigenvalue weighted by molar-refractivity contribution is 0.0602. The molecule has 3 rings (SSSR count). The van der Waals surface area contributed by atoms with Gasteiger partial charge in [-0.25, -0.2) is 4.79 Å². The van der Waals surface area contributed by atoms with Crippen LogP contribution in [0.15, 0.2) is 53.0 Å². The second kappa shape index (κ2) is 6.01. The van der Waals surface area contributed by atoms with Crippen molar-refractivity contribution >= 4 is 38.7 Å². The third-order valence-electron chi connectivity index (χ3n) is 3.78. The Morgan fingerprint density at radius 3 is 2.52 bits per heavy atom. The molecule has 5 heteroatoms. The Bertz CT molecular complexity index is 927. The molecule has 1 aromatic heterocycles. The van der Waals surface area contributed by atoms with Crippen LogP contribution in [-0.4, -0.2) is 23.6 Å².